The molecule has 0 atom stereocenters. The number of carbonyl (C=O) groups is 1. The van der Waals surface area contributed by atoms with Crippen LogP contribution in [0.1, 0.15) is 24.5 Å². The fourth-order valence-corrected chi connectivity index (χ4v) is 1.62. The van der Waals surface area contributed by atoms with Crippen molar-refractivity contribution >= 4 is 11.7 Å². The topological polar surface area (TPSA) is 40.5 Å². The van der Waals surface area contributed by atoms with Crippen molar-refractivity contribution in [2.75, 3.05) is 18.0 Å². The van der Waals surface area contributed by atoms with Crippen LogP contribution in [0, 0.1) is 13.8 Å². The molecule has 0 heterocycles. The smallest absolute Gasteiger partial charge is 0.305 e. The van der Waals surface area contributed by atoms with Crippen molar-refractivity contribution in [3.8, 4) is 0 Å². The average molecular weight is 221 g/mol. The maximum absolute atomic E-state index is 10.5. The minimum absolute atomic E-state index is 0.181. The molecule has 88 valence electrons. The number of rotatable bonds is 5. The molecule has 0 amide bonds. The molecular formula is C13H19NO2. The van der Waals surface area contributed by atoms with E-state index in [0.717, 1.165) is 12.2 Å². The lowest BCUT2D eigenvalue weighted by molar-refractivity contribution is -0.136. The van der Waals surface area contributed by atoms with E-state index in [-0.39, 0.29) is 6.42 Å². The lowest BCUT2D eigenvalue weighted by Gasteiger charge is -2.23. The molecule has 0 aliphatic heterocycles. The first-order valence-electron chi connectivity index (χ1n) is 5.58. The van der Waals surface area contributed by atoms with Gasteiger partial charge in [0.05, 0.1) is 6.42 Å². The highest BCUT2D eigenvalue weighted by Gasteiger charge is 2.07. The third-order valence-electron chi connectivity index (χ3n) is 2.83. The van der Waals surface area contributed by atoms with Crippen molar-refractivity contribution in [1.29, 1.82) is 0 Å². The van der Waals surface area contributed by atoms with Gasteiger partial charge in [-0.15, -0.1) is 0 Å². The molecule has 3 nitrogen and oxygen atoms in total. The minimum Gasteiger partial charge on any atom is -0.481 e. The van der Waals surface area contributed by atoms with Crippen molar-refractivity contribution in [3.63, 3.8) is 0 Å². The van der Waals surface area contributed by atoms with E-state index < -0.39 is 5.97 Å². The standard InChI is InChI=1S/C13H19NO2/c1-4-14(8-7-13(15)16)12-6-5-10(2)11(3)9-12/h5-6,9H,4,7-8H2,1-3H3,(H,15,16). The van der Waals surface area contributed by atoms with Gasteiger partial charge < -0.3 is 10.0 Å². The van der Waals surface area contributed by atoms with Gasteiger partial charge in [-0.3, -0.25) is 4.79 Å². The van der Waals surface area contributed by atoms with Crippen molar-refractivity contribution in [1.82, 2.24) is 0 Å². The Morgan fingerprint density at radius 1 is 1.31 bits per heavy atom. The zero-order valence-corrected chi connectivity index (χ0v) is 10.2. The van der Waals surface area contributed by atoms with Gasteiger partial charge in [0.15, 0.2) is 0 Å². The first-order valence-corrected chi connectivity index (χ1v) is 5.58. The van der Waals surface area contributed by atoms with E-state index in [4.69, 9.17) is 5.11 Å². The van der Waals surface area contributed by atoms with Crippen LogP contribution in [0.5, 0.6) is 0 Å². The molecule has 3 heteroatoms. The Labute approximate surface area is 96.7 Å². The molecule has 1 aromatic rings. The van der Waals surface area contributed by atoms with Crippen LogP contribution in [0.15, 0.2) is 18.2 Å². The maximum Gasteiger partial charge on any atom is 0.305 e. The van der Waals surface area contributed by atoms with Crippen LogP contribution in [-0.2, 0) is 4.79 Å². The Balaban J connectivity index is 2.78. The summed E-state index contributed by atoms with van der Waals surface area (Å²) in [6.07, 6.45) is 0.181. The van der Waals surface area contributed by atoms with Gasteiger partial charge >= 0.3 is 5.97 Å². The van der Waals surface area contributed by atoms with E-state index in [9.17, 15) is 4.79 Å². The van der Waals surface area contributed by atoms with Gasteiger partial charge in [-0.2, -0.15) is 0 Å². The summed E-state index contributed by atoms with van der Waals surface area (Å²) in [4.78, 5) is 12.6. The second kappa shape index (κ2) is 5.54. The SMILES string of the molecule is CCN(CCC(=O)O)c1ccc(C)c(C)c1. The van der Waals surface area contributed by atoms with Crippen LogP contribution in [0.3, 0.4) is 0 Å². The Kier molecular flexibility index (Phi) is 4.35. The van der Waals surface area contributed by atoms with Crippen molar-refractivity contribution < 1.29 is 9.90 Å². The number of hydrogen-bond acceptors (Lipinski definition) is 2. The first kappa shape index (κ1) is 12.6. The number of benzene rings is 1. The number of aryl methyl sites for hydroxylation is 2. The highest BCUT2D eigenvalue weighted by molar-refractivity contribution is 5.67. The summed E-state index contributed by atoms with van der Waals surface area (Å²) in [6, 6.07) is 6.24. The summed E-state index contributed by atoms with van der Waals surface area (Å²) >= 11 is 0. The molecule has 1 rings (SSSR count). The lowest BCUT2D eigenvalue weighted by atomic mass is 10.1. The van der Waals surface area contributed by atoms with Gasteiger partial charge in [-0.1, -0.05) is 6.07 Å². The fraction of sp³-hybridized carbons (Fsp3) is 0.462. The molecule has 0 fully saturated rings. The van der Waals surface area contributed by atoms with Gasteiger partial charge in [0.25, 0.3) is 0 Å². The predicted octanol–water partition coefficient (Wildman–Crippen LogP) is 2.60. The van der Waals surface area contributed by atoms with E-state index in [1.54, 1.807) is 0 Å². The fourth-order valence-electron chi connectivity index (χ4n) is 1.62. The van der Waals surface area contributed by atoms with Crippen LogP contribution >= 0.6 is 0 Å². The molecule has 0 aliphatic carbocycles. The van der Waals surface area contributed by atoms with Crippen molar-refractivity contribution in [3.05, 3.63) is 29.3 Å². The van der Waals surface area contributed by atoms with Gasteiger partial charge in [0.2, 0.25) is 0 Å². The van der Waals surface area contributed by atoms with Crippen LogP contribution in [0.25, 0.3) is 0 Å². The lowest BCUT2D eigenvalue weighted by Crippen LogP contribution is -2.25. The summed E-state index contributed by atoms with van der Waals surface area (Å²) in [5.41, 5.74) is 3.61. The Morgan fingerprint density at radius 2 is 2.00 bits per heavy atom. The Hall–Kier alpha value is -1.51. The molecule has 0 aliphatic rings. The molecular weight excluding hydrogens is 202 g/mol. The van der Waals surface area contributed by atoms with E-state index in [0.29, 0.717) is 6.54 Å². The third-order valence-corrected chi connectivity index (χ3v) is 2.83. The molecule has 0 radical (unpaired) electrons. The van der Waals surface area contributed by atoms with Crippen LogP contribution in [0.4, 0.5) is 5.69 Å². The normalized spacial score (nSPS) is 10.2. The van der Waals surface area contributed by atoms with E-state index in [2.05, 4.69) is 30.9 Å². The molecule has 0 spiro atoms. The van der Waals surface area contributed by atoms with Crippen LogP contribution < -0.4 is 4.90 Å². The highest BCUT2D eigenvalue weighted by atomic mass is 16.4. The molecule has 1 N–H and O–H groups in total. The zero-order chi connectivity index (χ0) is 12.1. The Morgan fingerprint density at radius 3 is 2.50 bits per heavy atom. The monoisotopic (exact) mass is 221 g/mol. The molecule has 0 aromatic heterocycles. The van der Waals surface area contributed by atoms with Gasteiger partial charge in [-0.05, 0) is 44.0 Å². The highest BCUT2D eigenvalue weighted by Crippen LogP contribution is 2.18. The van der Waals surface area contributed by atoms with Gasteiger partial charge in [-0.25, -0.2) is 0 Å². The van der Waals surface area contributed by atoms with E-state index in [1.165, 1.54) is 11.1 Å². The molecule has 0 saturated carbocycles. The number of hydrogen-bond donors (Lipinski definition) is 1. The number of carboxylic acids is 1. The summed E-state index contributed by atoms with van der Waals surface area (Å²) in [5, 5.41) is 8.68. The first-order chi connectivity index (χ1) is 7.54. The molecule has 0 saturated heterocycles. The van der Waals surface area contributed by atoms with Gasteiger partial charge in [0.1, 0.15) is 0 Å². The largest absolute Gasteiger partial charge is 0.481 e. The summed E-state index contributed by atoms with van der Waals surface area (Å²) < 4.78 is 0. The van der Waals surface area contributed by atoms with E-state index in [1.807, 2.05) is 13.0 Å². The molecule has 0 unspecified atom stereocenters. The second-order valence-electron chi connectivity index (χ2n) is 3.99. The van der Waals surface area contributed by atoms with Crippen molar-refractivity contribution in [2.45, 2.75) is 27.2 Å². The summed E-state index contributed by atoms with van der Waals surface area (Å²) in [6.45, 7) is 7.58. The number of aliphatic carboxylic acids is 1. The number of nitrogens with zero attached hydrogens (tertiary/aromatic N) is 1. The third kappa shape index (κ3) is 3.26. The summed E-state index contributed by atoms with van der Waals surface area (Å²) in [7, 11) is 0. The predicted molar refractivity (Wildman–Crippen MR) is 66.1 cm³/mol. The quantitative estimate of drug-likeness (QED) is 0.830. The van der Waals surface area contributed by atoms with Gasteiger partial charge in [0, 0.05) is 18.8 Å². The maximum atomic E-state index is 10.5. The van der Waals surface area contributed by atoms with Crippen molar-refractivity contribution in [2.24, 2.45) is 0 Å². The molecule has 1 aromatic carbocycles. The van der Waals surface area contributed by atoms with E-state index >= 15 is 0 Å². The minimum atomic E-state index is -0.748. The van der Waals surface area contributed by atoms with Crippen LogP contribution in [-0.4, -0.2) is 24.2 Å². The molecule has 0 bridgehead atoms. The number of carboxylic acid groups (broad SMARTS) is 1. The second-order valence-corrected chi connectivity index (χ2v) is 3.99. The average Bonchev–Trinajstić information content (AvgIpc) is 2.23. The molecule has 16 heavy (non-hydrogen) atoms. The summed E-state index contributed by atoms with van der Waals surface area (Å²) in [5.74, 6) is -0.748. The van der Waals surface area contributed by atoms with Crippen LogP contribution in [0.2, 0.25) is 0 Å². The zero-order valence-electron chi connectivity index (χ0n) is 10.2. The number of anilines is 1. The Bertz CT molecular complexity index is 374.